The fourth-order valence-electron chi connectivity index (χ4n) is 3.48. The van der Waals surface area contributed by atoms with Crippen molar-refractivity contribution in [3.8, 4) is 5.75 Å². The molecule has 0 amide bonds. The Morgan fingerprint density at radius 1 is 1.06 bits per heavy atom. The van der Waals surface area contributed by atoms with Crippen molar-refractivity contribution in [3.63, 3.8) is 0 Å². The minimum Gasteiger partial charge on any atom is -0.495 e. The van der Waals surface area contributed by atoms with Gasteiger partial charge in [0.1, 0.15) is 5.75 Å². The van der Waals surface area contributed by atoms with Crippen molar-refractivity contribution in [1.29, 1.82) is 0 Å². The first-order valence-corrected chi connectivity index (χ1v) is 12.0. The standard InChI is InChI=1S/C22H30N4O3S.HI/c1-4-23-22(24-17-18-9-11-19(12-10-18)30(3,27)28)26-15-13-25(14-16-26)20-7-5-6-8-21(20)29-2;/h5-12H,4,13-17H2,1-3H3,(H,23,24);1H. The predicted octanol–water partition coefficient (Wildman–Crippen LogP) is 3.00. The topological polar surface area (TPSA) is 74.2 Å². The normalized spacial score (nSPS) is 14.7. The van der Waals surface area contributed by atoms with Crippen molar-refractivity contribution in [2.75, 3.05) is 51.0 Å². The second-order valence-corrected chi connectivity index (χ2v) is 9.25. The molecule has 1 fully saturated rings. The van der Waals surface area contributed by atoms with Crippen LogP contribution in [0.5, 0.6) is 5.75 Å². The summed E-state index contributed by atoms with van der Waals surface area (Å²) in [7, 11) is -1.48. The van der Waals surface area contributed by atoms with E-state index < -0.39 is 9.84 Å². The molecule has 7 nitrogen and oxygen atoms in total. The molecule has 0 aliphatic carbocycles. The molecule has 1 aliphatic heterocycles. The zero-order chi connectivity index (χ0) is 21.6. The van der Waals surface area contributed by atoms with Gasteiger partial charge in [-0.05, 0) is 36.8 Å². The molecule has 3 rings (SSSR count). The number of ether oxygens (including phenoxy) is 1. The molecule has 1 heterocycles. The Kier molecular flexibility index (Phi) is 9.42. The molecule has 0 bridgehead atoms. The van der Waals surface area contributed by atoms with E-state index >= 15 is 0 Å². The molecule has 0 radical (unpaired) electrons. The highest BCUT2D eigenvalue weighted by Crippen LogP contribution is 2.28. The van der Waals surface area contributed by atoms with Gasteiger partial charge in [0.05, 0.1) is 24.2 Å². The Balaban J connectivity index is 0.00000341. The van der Waals surface area contributed by atoms with Gasteiger partial charge in [0.2, 0.25) is 0 Å². The van der Waals surface area contributed by atoms with Crippen molar-refractivity contribution >= 4 is 45.5 Å². The van der Waals surface area contributed by atoms with E-state index in [4.69, 9.17) is 9.73 Å². The van der Waals surface area contributed by atoms with Crippen molar-refractivity contribution in [2.45, 2.75) is 18.4 Å². The summed E-state index contributed by atoms with van der Waals surface area (Å²) in [6, 6.07) is 15.0. The molecule has 2 aromatic rings. The van der Waals surface area contributed by atoms with E-state index in [1.807, 2.05) is 30.3 Å². The van der Waals surface area contributed by atoms with Gasteiger partial charge in [0, 0.05) is 39.0 Å². The number of piperazine rings is 1. The van der Waals surface area contributed by atoms with Crippen LogP contribution in [0, 0.1) is 0 Å². The van der Waals surface area contributed by atoms with Gasteiger partial charge in [0.25, 0.3) is 0 Å². The summed E-state index contributed by atoms with van der Waals surface area (Å²) in [4.78, 5) is 9.70. The van der Waals surface area contributed by atoms with Gasteiger partial charge < -0.3 is 19.9 Å². The van der Waals surface area contributed by atoms with Gasteiger partial charge in [-0.1, -0.05) is 24.3 Å². The van der Waals surface area contributed by atoms with E-state index in [1.54, 1.807) is 19.2 Å². The van der Waals surface area contributed by atoms with Gasteiger partial charge >= 0.3 is 0 Å². The Hall–Kier alpha value is -2.01. The van der Waals surface area contributed by atoms with Crippen molar-refractivity contribution in [3.05, 3.63) is 54.1 Å². The lowest BCUT2D eigenvalue weighted by Gasteiger charge is -2.38. The molecule has 1 N–H and O–H groups in total. The number of benzene rings is 2. The molecule has 170 valence electrons. The zero-order valence-corrected chi connectivity index (χ0v) is 21.4. The van der Waals surface area contributed by atoms with Crippen molar-refractivity contribution < 1.29 is 13.2 Å². The third-order valence-electron chi connectivity index (χ3n) is 5.10. The maximum Gasteiger partial charge on any atom is 0.194 e. The molecular formula is C22H31IN4O3S. The van der Waals surface area contributed by atoms with Gasteiger partial charge in [-0.15, -0.1) is 24.0 Å². The molecule has 1 saturated heterocycles. The number of aliphatic imine (C=N–C) groups is 1. The maximum absolute atomic E-state index is 11.6. The summed E-state index contributed by atoms with van der Waals surface area (Å²) in [6.07, 6.45) is 1.22. The number of nitrogens with one attached hydrogen (secondary N) is 1. The molecule has 31 heavy (non-hydrogen) atoms. The molecule has 1 aliphatic rings. The summed E-state index contributed by atoms with van der Waals surface area (Å²) >= 11 is 0. The number of halogens is 1. The summed E-state index contributed by atoms with van der Waals surface area (Å²) in [5, 5.41) is 3.37. The van der Waals surface area contributed by atoms with E-state index in [-0.39, 0.29) is 24.0 Å². The fourth-order valence-corrected chi connectivity index (χ4v) is 4.11. The smallest absolute Gasteiger partial charge is 0.194 e. The molecule has 0 atom stereocenters. The van der Waals surface area contributed by atoms with E-state index in [0.29, 0.717) is 11.4 Å². The Morgan fingerprint density at radius 2 is 1.71 bits per heavy atom. The average Bonchev–Trinajstić information content (AvgIpc) is 2.76. The van der Waals surface area contributed by atoms with Crippen LogP contribution in [0.25, 0.3) is 0 Å². The highest BCUT2D eigenvalue weighted by atomic mass is 127. The van der Waals surface area contributed by atoms with E-state index in [1.165, 1.54) is 6.26 Å². The first-order chi connectivity index (χ1) is 14.4. The Morgan fingerprint density at radius 3 is 2.29 bits per heavy atom. The molecule has 2 aromatic carbocycles. The number of hydrogen-bond donors (Lipinski definition) is 1. The predicted molar refractivity (Wildman–Crippen MR) is 137 cm³/mol. The number of rotatable bonds is 6. The van der Waals surface area contributed by atoms with Crippen LogP contribution in [0.4, 0.5) is 5.69 Å². The largest absolute Gasteiger partial charge is 0.495 e. The lowest BCUT2D eigenvalue weighted by Crippen LogP contribution is -2.52. The first kappa shape index (κ1) is 25.3. The Bertz CT molecular complexity index is 973. The van der Waals surface area contributed by atoms with Gasteiger partial charge in [-0.2, -0.15) is 0 Å². The average molecular weight is 558 g/mol. The lowest BCUT2D eigenvalue weighted by atomic mass is 10.2. The van der Waals surface area contributed by atoms with Crippen LogP contribution in [0.2, 0.25) is 0 Å². The van der Waals surface area contributed by atoms with E-state index in [2.05, 4.69) is 28.1 Å². The molecular weight excluding hydrogens is 527 g/mol. The van der Waals surface area contributed by atoms with Crippen LogP contribution in [-0.2, 0) is 16.4 Å². The molecule has 0 unspecified atom stereocenters. The van der Waals surface area contributed by atoms with Crippen molar-refractivity contribution in [1.82, 2.24) is 10.2 Å². The van der Waals surface area contributed by atoms with Crippen LogP contribution in [0.15, 0.2) is 58.4 Å². The fraction of sp³-hybridized carbons (Fsp3) is 0.409. The number of guanidine groups is 1. The SMILES string of the molecule is CCNC(=NCc1ccc(S(C)(=O)=O)cc1)N1CCN(c2ccccc2OC)CC1.I. The van der Waals surface area contributed by atoms with Crippen LogP contribution < -0.4 is 15.0 Å². The van der Waals surface area contributed by atoms with E-state index in [9.17, 15) is 8.42 Å². The van der Waals surface area contributed by atoms with Crippen molar-refractivity contribution in [2.24, 2.45) is 4.99 Å². The zero-order valence-electron chi connectivity index (χ0n) is 18.2. The maximum atomic E-state index is 11.6. The number of nitrogens with zero attached hydrogens (tertiary/aromatic N) is 3. The van der Waals surface area contributed by atoms with Gasteiger partial charge in [-0.3, -0.25) is 0 Å². The lowest BCUT2D eigenvalue weighted by molar-refractivity contribution is 0.367. The van der Waals surface area contributed by atoms with Gasteiger partial charge in [0.15, 0.2) is 15.8 Å². The summed E-state index contributed by atoms with van der Waals surface area (Å²) in [5.74, 6) is 1.77. The van der Waals surface area contributed by atoms with Gasteiger partial charge in [-0.25, -0.2) is 13.4 Å². The number of hydrogen-bond acceptors (Lipinski definition) is 5. The molecule has 0 spiro atoms. The minimum atomic E-state index is -3.18. The van der Waals surface area contributed by atoms with Crippen LogP contribution in [-0.4, -0.2) is 65.4 Å². The summed E-state index contributed by atoms with van der Waals surface area (Å²) in [5.41, 5.74) is 2.10. The molecule has 9 heteroatoms. The van der Waals surface area contributed by atoms with Crippen LogP contribution in [0.1, 0.15) is 12.5 Å². The van der Waals surface area contributed by atoms with E-state index in [0.717, 1.165) is 55.7 Å². The summed E-state index contributed by atoms with van der Waals surface area (Å²) < 4.78 is 28.7. The second kappa shape index (κ2) is 11.6. The molecule has 0 aromatic heterocycles. The number of sulfone groups is 1. The number of anilines is 1. The minimum absolute atomic E-state index is 0. The third kappa shape index (κ3) is 6.73. The third-order valence-corrected chi connectivity index (χ3v) is 6.23. The molecule has 0 saturated carbocycles. The van der Waals surface area contributed by atoms with Crippen LogP contribution in [0.3, 0.4) is 0 Å². The summed E-state index contributed by atoms with van der Waals surface area (Å²) in [6.45, 7) is 6.83. The second-order valence-electron chi connectivity index (χ2n) is 7.23. The van der Waals surface area contributed by atoms with Crippen LogP contribution >= 0.6 is 24.0 Å². The highest BCUT2D eigenvalue weighted by Gasteiger charge is 2.21. The quantitative estimate of drug-likeness (QED) is 0.334. The highest BCUT2D eigenvalue weighted by molar-refractivity contribution is 14.0. The Labute approximate surface area is 202 Å². The monoisotopic (exact) mass is 558 g/mol. The number of para-hydroxylation sites is 2. The first-order valence-electron chi connectivity index (χ1n) is 10.1. The number of methoxy groups -OCH3 is 1.